The third-order valence-electron chi connectivity index (χ3n) is 4.04. The number of hydrogen-bond donors (Lipinski definition) is 1. The zero-order valence-electron chi connectivity index (χ0n) is 11.7. The Hall–Kier alpha value is -0.700. The Morgan fingerprint density at radius 2 is 1.85 bits per heavy atom. The maximum absolute atomic E-state index is 11.7. The second-order valence-corrected chi connectivity index (χ2v) is 7.48. The molecule has 2 heterocycles. The highest BCUT2D eigenvalue weighted by molar-refractivity contribution is 7.88. The Bertz CT molecular complexity index is 447. The van der Waals surface area contributed by atoms with Gasteiger partial charge in [-0.25, -0.2) is 8.42 Å². The number of carbonyl (C=O) groups is 1. The highest BCUT2D eigenvalue weighted by Crippen LogP contribution is 2.20. The Morgan fingerprint density at radius 1 is 1.20 bits per heavy atom. The zero-order valence-corrected chi connectivity index (χ0v) is 12.5. The maximum atomic E-state index is 11.7. The molecule has 0 amide bonds. The molecule has 2 saturated heterocycles. The van der Waals surface area contributed by atoms with Crippen LogP contribution in [0.15, 0.2) is 0 Å². The number of sulfonamides is 1. The number of hydrogen-bond acceptors (Lipinski definition) is 5. The van der Waals surface area contributed by atoms with Crippen LogP contribution < -0.4 is 0 Å². The lowest BCUT2D eigenvalue weighted by atomic mass is 10.0. The Kier molecular flexibility index (Phi) is 5.00. The quantitative estimate of drug-likeness (QED) is 0.752. The molecule has 2 aliphatic rings. The molecule has 0 aromatic carbocycles. The maximum Gasteiger partial charge on any atom is 0.309 e. The van der Waals surface area contributed by atoms with Crippen LogP contribution in [-0.2, 0) is 19.6 Å². The molecule has 20 heavy (non-hydrogen) atoms. The number of carboxylic acid groups (broad SMARTS) is 1. The summed E-state index contributed by atoms with van der Waals surface area (Å²) in [5.41, 5.74) is 0. The first-order chi connectivity index (χ1) is 9.38. The molecule has 2 rings (SSSR count). The standard InChI is InChI=1S/C12H22N2O5S/c1-20(17,18)14-5-4-13(8-10(9-14)12(15)16)11-2-6-19-7-3-11/h10-11H,2-9H2,1H3,(H,15,16)/t10-/m1/s1. The van der Waals surface area contributed by atoms with Crippen molar-refractivity contribution < 1.29 is 23.1 Å². The van der Waals surface area contributed by atoms with E-state index in [1.807, 2.05) is 0 Å². The van der Waals surface area contributed by atoms with Crippen molar-refractivity contribution in [2.24, 2.45) is 5.92 Å². The minimum absolute atomic E-state index is 0.0634. The lowest BCUT2D eigenvalue weighted by molar-refractivity contribution is -0.142. The predicted molar refractivity (Wildman–Crippen MR) is 73.0 cm³/mol. The fraction of sp³-hybridized carbons (Fsp3) is 0.917. The van der Waals surface area contributed by atoms with E-state index in [2.05, 4.69) is 4.90 Å². The summed E-state index contributed by atoms with van der Waals surface area (Å²) in [6.45, 7) is 2.80. The van der Waals surface area contributed by atoms with E-state index in [1.165, 1.54) is 4.31 Å². The van der Waals surface area contributed by atoms with Crippen LogP contribution in [0.25, 0.3) is 0 Å². The van der Waals surface area contributed by atoms with E-state index in [1.54, 1.807) is 0 Å². The van der Waals surface area contributed by atoms with E-state index in [4.69, 9.17) is 4.74 Å². The highest BCUT2D eigenvalue weighted by atomic mass is 32.2. The average molecular weight is 306 g/mol. The van der Waals surface area contributed by atoms with Gasteiger partial charge in [-0.05, 0) is 12.8 Å². The van der Waals surface area contributed by atoms with Gasteiger partial charge in [-0.15, -0.1) is 0 Å². The van der Waals surface area contributed by atoms with E-state index in [0.29, 0.717) is 38.9 Å². The van der Waals surface area contributed by atoms with E-state index in [-0.39, 0.29) is 6.54 Å². The summed E-state index contributed by atoms with van der Waals surface area (Å²) in [4.78, 5) is 13.5. The van der Waals surface area contributed by atoms with Crippen molar-refractivity contribution in [1.29, 1.82) is 0 Å². The smallest absolute Gasteiger partial charge is 0.309 e. The van der Waals surface area contributed by atoms with Crippen molar-refractivity contribution in [3.05, 3.63) is 0 Å². The van der Waals surface area contributed by atoms with Gasteiger partial charge in [0.2, 0.25) is 10.0 Å². The summed E-state index contributed by atoms with van der Waals surface area (Å²) in [6, 6.07) is 0.296. The first-order valence-electron chi connectivity index (χ1n) is 6.87. The van der Waals surface area contributed by atoms with Crippen molar-refractivity contribution in [2.45, 2.75) is 18.9 Å². The van der Waals surface area contributed by atoms with Crippen molar-refractivity contribution in [3.8, 4) is 0 Å². The lowest BCUT2D eigenvalue weighted by Crippen LogP contribution is -2.43. The van der Waals surface area contributed by atoms with Crippen LogP contribution in [0.2, 0.25) is 0 Å². The first kappa shape index (κ1) is 15.7. The van der Waals surface area contributed by atoms with Crippen LogP contribution in [0.3, 0.4) is 0 Å². The Balaban J connectivity index is 2.11. The van der Waals surface area contributed by atoms with Crippen LogP contribution in [0.1, 0.15) is 12.8 Å². The van der Waals surface area contributed by atoms with Gasteiger partial charge in [-0.3, -0.25) is 9.69 Å². The molecule has 7 nitrogen and oxygen atoms in total. The second kappa shape index (κ2) is 6.38. The minimum atomic E-state index is -3.35. The summed E-state index contributed by atoms with van der Waals surface area (Å²) in [5.74, 6) is -1.60. The largest absolute Gasteiger partial charge is 0.481 e. The monoisotopic (exact) mass is 306 g/mol. The molecular formula is C12H22N2O5S. The van der Waals surface area contributed by atoms with Gasteiger partial charge >= 0.3 is 5.97 Å². The number of carboxylic acids is 1. The highest BCUT2D eigenvalue weighted by Gasteiger charge is 2.34. The van der Waals surface area contributed by atoms with Crippen LogP contribution in [-0.4, -0.2) is 80.4 Å². The van der Waals surface area contributed by atoms with Gasteiger partial charge < -0.3 is 9.84 Å². The third-order valence-corrected chi connectivity index (χ3v) is 5.31. The number of rotatable bonds is 3. The van der Waals surface area contributed by atoms with E-state index in [9.17, 15) is 18.3 Å². The molecular weight excluding hydrogens is 284 g/mol. The van der Waals surface area contributed by atoms with Crippen LogP contribution in [0.4, 0.5) is 0 Å². The summed E-state index contributed by atoms with van der Waals surface area (Å²) >= 11 is 0. The fourth-order valence-corrected chi connectivity index (χ4v) is 3.71. The molecule has 0 unspecified atom stereocenters. The van der Waals surface area contributed by atoms with E-state index >= 15 is 0 Å². The summed E-state index contributed by atoms with van der Waals surface area (Å²) in [6.07, 6.45) is 2.90. The predicted octanol–water partition coefficient (Wildman–Crippen LogP) is -0.557. The number of nitrogens with zero attached hydrogens (tertiary/aromatic N) is 2. The summed E-state index contributed by atoms with van der Waals surface area (Å²) in [7, 11) is -3.35. The van der Waals surface area contributed by atoms with Gasteiger partial charge in [-0.2, -0.15) is 4.31 Å². The SMILES string of the molecule is CS(=O)(=O)N1CCN(C2CCOCC2)C[C@@H](C(=O)O)C1. The van der Waals surface area contributed by atoms with E-state index < -0.39 is 21.9 Å². The topological polar surface area (TPSA) is 87.2 Å². The van der Waals surface area contributed by atoms with Gasteiger partial charge in [0.05, 0.1) is 12.2 Å². The molecule has 8 heteroatoms. The lowest BCUT2D eigenvalue weighted by Gasteiger charge is -2.34. The van der Waals surface area contributed by atoms with Crippen molar-refractivity contribution >= 4 is 16.0 Å². The van der Waals surface area contributed by atoms with Crippen LogP contribution >= 0.6 is 0 Å². The fourth-order valence-electron chi connectivity index (χ4n) is 2.85. The molecule has 0 bridgehead atoms. The molecule has 0 aliphatic carbocycles. The first-order valence-corrected chi connectivity index (χ1v) is 8.72. The van der Waals surface area contributed by atoms with Crippen molar-refractivity contribution in [1.82, 2.24) is 9.21 Å². The third kappa shape index (κ3) is 3.91. The second-order valence-electron chi connectivity index (χ2n) is 5.49. The van der Waals surface area contributed by atoms with Gasteiger partial charge in [0.15, 0.2) is 0 Å². The molecule has 0 radical (unpaired) electrons. The molecule has 0 spiro atoms. The average Bonchev–Trinajstić information content (AvgIpc) is 2.62. The van der Waals surface area contributed by atoms with Gasteiger partial charge in [0, 0.05) is 45.4 Å². The molecule has 1 N–H and O–H groups in total. The van der Waals surface area contributed by atoms with Gasteiger partial charge in [0.25, 0.3) is 0 Å². The minimum Gasteiger partial charge on any atom is -0.481 e. The van der Waals surface area contributed by atoms with Gasteiger partial charge in [-0.1, -0.05) is 0 Å². The molecule has 0 aromatic rings. The normalized spacial score (nSPS) is 28.1. The summed E-state index contributed by atoms with van der Waals surface area (Å²) in [5, 5.41) is 9.29. The van der Waals surface area contributed by atoms with Crippen LogP contribution in [0, 0.1) is 5.92 Å². The van der Waals surface area contributed by atoms with E-state index in [0.717, 1.165) is 19.1 Å². The van der Waals surface area contributed by atoms with Crippen molar-refractivity contribution in [2.75, 3.05) is 45.6 Å². The zero-order chi connectivity index (χ0) is 14.8. The Labute approximate surface area is 119 Å². The number of ether oxygens (including phenoxy) is 1. The van der Waals surface area contributed by atoms with Crippen molar-refractivity contribution in [3.63, 3.8) is 0 Å². The summed E-state index contributed by atoms with van der Waals surface area (Å²) < 4.78 is 30.0. The Morgan fingerprint density at radius 3 is 2.40 bits per heavy atom. The van der Waals surface area contributed by atoms with Crippen LogP contribution in [0.5, 0.6) is 0 Å². The number of aliphatic carboxylic acids is 1. The molecule has 0 saturated carbocycles. The van der Waals surface area contributed by atoms with Gasteiger partial charge in [0.1, 0.15) is 0 Å². The molecule has 1 atom stereocenters. The molecule has 0 aromatic heterocycles. The molecule has 116 valence electrons. The molecule has 2 fully saturated rings. The molecule has 2 aliphatic heterocycles.